The molecule has 1 saturated heterocycles. The maximum atomic E-state index is 9.12. The molecule has 4 unspecified atom stereocenters. The molecule has 1 fully saturated rings. The van der Waals surface area contributed by atoms with Gasteiger partial charge in [0.05, 0.1) is 13.6 Å². The first kappa shape index (κ1) is 8.64. The van der Waals surface area contributed by atoms with Gasteiger partial charge in [-0.3, -0.25) is 0 Å². The predicted octanol–water partition coefficient (Wildman–Crippen LogP) is -2.18. The van der Waals surface area contributed by atoms with E-state index in [1.165, 1.54) is 11.1 Å². The molecule has 0 aromatic rings. The van der Waals surface area contributed by atoms with Crippen LogP contribution in [0.4, 0.5) is 0 Å². The first-order chi connectivity index (χ1) is 5.15. The van der Waals surface area contributed by atoms with E-state index >= 15 is 0 Å². The summed E-state index contributed by atoms with van der Waals surface area (Å²) in [6.07, 6.45) is 1.55. The lowest BCUT2D eigenvalue weighted by atomic mass is 10.1. The van der Waals surface area contributed by atoms with E-state index in [4.69, 9.17) is 16.2 Å². The highest BCUT2D eigenvalue weighted by Gasteiger charge is 2.35. The number of aliphatic hydroxyl groups is 1. The van der Waals surface area contributed by atoms with E-state index in [0.717, 1.165) is 13.0 Å². The van der Waals surface area contributed by atoms with Gasteiger partial charge in [-0.05, 0) is 0 Å². The molecule has 1 aliphatic heterocycles. The van der Waals surface area contributed by atoms with E-state index in [-0.39, 0.29) is 6.04 Å². The summed E-state index contributed by atoms with van der Waals surface area (Å²) in [7, 11) is 2.00. The molecule has 0 aromatic heterocycles. The summed E-state index contributed by atoms with van der Waals surface area (Å²) in [5.74, 6) is 0.304. The highest BCUT2D eigenvalue weighted by molar-refractivity contribution is 5.57. The summed E-state index contributed by atoms with van der Waals surface area (Å²) in [5.41, 5.74) is 5.36. The monoisotopic (exact) mass is 158 g/mol. The molecule has 1 heterocycles. The number of likely N-dealkylation sites (tertiary alicyclic amines) is 1. The summed E-state index contributed by atoms with van der Waals surface area (Å²) in [6.45, 7) is 0.919. The van der Waals surface area contributed by atoms with Crippen molar-refractivity contribution in [3.63, 3.8) is 0 Å². The molecule has 0 aromatic carbocycles. The summed E-state index contributed by atoms with van der Waals surface area (Å²) in [4.78, 5) is 1.23. The maximum Gasteiger partial charge on any atom is 0.155 e. The van der Waals surface area contributed by atoms with Gasteiger partial charge in [-0.2, -0.15) is 0 Å². The molecule has 0 aliphatic carbocycles. The van der Waals surface area contributed by atoms with Crippen LogP contribution in [0.1, 0.15) is 6.42 Å². The fourth-order valence-corrected chi connectivity index (χ4v) is 1.73. The maximum absolute atomic E-state index is 9.12. The molecular weight excluding hydrogens is 142 g/mol. The lowest BCUT2D eigenvalue weighted by Crippen LogP contribution is -3.12. The quantitative estimate of drug-likeness (QED) is 0.272. The fourth-order valence-electron chi connectivity index (χ4n) is 1.73. The molecule has 0 bridgehead atoms. The molecule has 1 aliphatic rings. The Labute approximate surface area is 66.5 Å². The Morgan fingerprint density at radius 3 is 2.73 bits per heavy atom. The minimum absolute atomic E-state index is 0.113. The first-order valence-electron chi connectivity index (χ1n) is 3.91. The number of nitrogens with two attached hydrogens (primary N) is 1. The minimum atomic E-state index is -0.736. The number of likely N-dealkylation sites (N-methyl/N-ethyl adjacent to an activating group) is 1. The van der Waals surface area contributed by atoms with Gasteiger partial charge >= 0.3 is 0 Å². The van der Waals surface area contributed by atoms with Crippen molar-refractivity contribution in [2.24, 2.45) is 11.7 Å². The third-order valence-electron chi connectivity index (χ3n) is 2.42. The highest BCUT2D eigenvalue weighted by atomic mass is 16.3. The third kappa shape index (κ3) is 1.77. The van der Waals surface area contributed by atoms with Gasteiger partial charge in [0, 0.05) is 18.6 Å². The second-order valence-corrected chi connectivity index (χ2v) is 3.31. The number of hydrogen-bond acceptors (Lipinski definition) is 3. The number of nitrogens with one attached hydrogen (secondary N) is 2. The molecule has 64 valence electrons. The summed E-state index contributed by atoms with van der Waals surface area (Å²) >= 11 is 0. The Hall–Kier alpha value is -0.450. The Morgan fingerprint density at radius 2 is 2.45 bits per heavy atom. The predicted molar refractivity (Wildman–Crippen MR) is 42.6 cm³/mol. The van der Waals surface area contributed by atoms with Crippen molar-refractivity contribution < 1.29 is 10.0 Å². The van der Waals surface area contributed by atoms with Crippen LogP contribution in [0.25, 0.3) is 0 Å². The zero-order valence-corrected chi connectivity index (χ0v) is 6.75. The highest BCUT2D eigenvalue weighted by Crippen LogP contribution is 2.07. The van der Waals surface area contributed by atoms with Crippen LogP contribution in [0, 0.1) is 11.3 Å². The van der Waals surface area contributed by atoms with E-state index in [2.05, 4.69) is 0 Å². The van der Waals surface area contributed by atoms with E-state index < -0.39 is 6.23 Å². The number of quaternary nitrogens is 1. The van der Waals surface area contributed by atoms with Gasteiger partial charge < -0.3 is 21.1 Å². The lowest BCUT2D eigenvalue weighted by molar-refractivity contribution is -0.896. The van der Waals surface area contributed by atoms with Crippen LogP contribution in [0.2, 0.25) is 0 Å². The van der Waals surface area contributed by atoms with Gasteiger partial charge in [-0.15, -0.1) is 0 Å². The Balaban J connectivity index is 2.51. The SMILES string of the molecule is C[NH+]1CC(C=N)CC1C(N)O. The van der Waals surface area contributed by atoms with Gasteiger partial charge in [0.2, 0.25) is 0 Å². The molecule has 5 N–H and O–H groups in total. The standard InChI is InChI=1S/C7H15N3O/c1-10-4-5(3-8)2-6(10)7(9)11/h3,5-8,11H,2,4,9H2,1H3/p+1. The average molecular weight is 158 g/mol. The van der Waals surface area contributed by atoms with Gasteiger partial charge in [0.1, 0.15) is 6.04 Å². The van der Waals surface area contributed by atoms with Crippen molar-refractivity contribution in [3.05, 3.63) is 0 Å². The van der Waals surface area contributed by atoms with Crippen molar-refractivity contribution >= 4 is 6.21 Å². The lowest BCUT2D eigenvalue weighted by Gasteiger charge is -2.18. The van der Waals surface area contributed by atoms with Crippen LogP contribution in [0.15, 0.2) is 0 Å². The van der Waals surface area contributed by atoms with Crippen LogP contribution < -0.4 is 10.6 Å². The van der Waals surface area contributed by atoms with Crippen molar-refractivity contribution in [1.29, 1.82) is 5.41 Å². The normalized spacial score (nSPS) is 40.5. The smallest absolute Gasteiger partial charge is 0.155 e. The molecule has 0 amide bonds. The molecular formula is C7H16N3O+. The largest absolute Gasteiger partial charge is 0.373 e. The molecule has 0 radical (unpaired) electrons. The fraction of sp³-hybridized carbons (Fsp3) is 0.857. The van der Waals surface area contributed by atoms with Crippen LogP contribution >= 0.6 is 0 Å². The molecule has 4 nitrogen and oxygen atoms in total. The minimum Gasteiger partial charge on any atom is -0.373 e. The van der Waals surface area contributed by atoms with Crippen LogP contribution in [0.5, 0.6) is 0 Å². The first-order valence-corrected chi connectivity index (χ1v) is 3.91. The number of hydrogen-bond donors (Lipinski definition) is 4. The Bertz CT molecular complexity index is 149. The van der Waals surface area contributed by atoms with E-state index in [0.29, 0.717) is 5.92 Å². The van der Waals surface area contributed by atoms with E-state index in [9.17, 15) is 0 Å². The van der Waals surface area contributed by atoms with Gasteiger partial charge in [-0.1, -0.05) is 0 Å². The van der Waals surface area contributed by atoms with Crippen molar-refractivity contribution in [2.45, 2.75) is 18.7 Å². The Kier molecular flexibility index (Phi) is 2.59. The summed E-state index contributed by atoms with van der Waals surface area (Å²) in [5, 5.41) is 16.2. The topological polar surface area (TPSA) is 74.5 Å². The summed E-state index contributed by atoms with van der Waals surface area (Å²) in [6, 6.07) is 0.113. The van der Waals surface area contributed by atoms with Crippen molar-refractivity contribution in [2.75, 3.05) is 13.6 Å². The third-order valence-corrected chi connectivity index (χ3v) is 2.42. The van der Waals surface area contributed by atoms with Crippen molar-refractivity contribution in [1.82, 2.24) is 0 Å². The Morgan fingerprint density at radius 1 is 1.82 bits per heavy atom. The van der Waals surface area contributed by atoms with Gasteiger partial charge in [0.15, 0.2) is 6.23 Å². The molecule has 0 spiro atoms. The van der Waals surface area contributed by atoms with Gasteiger partial charge in [0.25, 0.3) is 0 Å². The average Bonchev–Trinajstić information content (AvgIpc) is 2.30. The second-order valence-electron chi connectivity index (χ2n) is 3.31. The van der Waals surface area contributed by atoms with Crippen LogP contribution in [-0.4, -0.2) is 37.2 Å². The molecule has 4 heteroatoms. The molecule has 11 heavy (non-hydrogen) atoms. The zero-order valence-electron chi connectivity index (χ0n) is 6.75. The van der Waals surface area contributed by atoms with Gasteiger partial charge in [-0.25, -0.2) is 0 Å². The molecule has 4 atom stereocenters. The van der Waals surface area contributed by atoms with E-state index in [1.54, 1.807) is 0 Å². The number of rotatable bonds is 2. The zero-order chi connectivity index (χ0) is 8.43. The van der Waals surface area contributed by atoms with Crippen LogP contribution in [0.3, 0.4) is 0 Å². The van der Waals surface area contributed by atoms with Crippen LogP contribution in [-0.2, 0) is 0 Å². The van der Waals surface area contributed by atoms with Crippen molar-refractivity contribution in [3.8, 4) is 0 Å². The number of aliphatic hydroxyl groups excluding tert-OH is 1. The molecule has 0 saturated carbocycles. The second kappa shape index (κ2) is 3.30. The molecule has 1 rings (SSSR count). The van der Waals surface area contributed by atoms with E-state index in [1.807, 2.05) is 7.05 Å². The summed E-state index contributed by atoms with van der Waals surface area (Å²) < 4.78 is 0.